The molecular weight excluding hydrogens is 507 g/mol. The molecule has 0 bridgehead atoms. The Morgan fingerprint density at radius 2 is 1.90 bits per heavy atom. The summed E-state index contributed by atoms with van der Waals surface area (Å²) in [5.74, 6) is 0.0945. The highest BCUT2D eigenvalue weighted by Crippen LogP contribution is 2.32. The number of Topliss-reactive ketones (excluding diaryl/α,β-unsaturated/α-hetero) is 1. The van der Waals surface area contributed by atoms with E-state index in [2.05, 4.69) is 21.1 Å². The van der Waals surface area contributed by atoms with Crippen molar-refractivity contribution in [1.82, 2.24) is 24.6 Å². The average Bonchev–Trinajstić information content (AvgIpc) is 3.30. The first-order valence-electron chi connectivity index (χ1n) is 13.2. The van der Waals surface area contributed by atoms with Crippen molar-refractivity contribution in [2.75, 3.05) is 26.3 Å². The van der Waals surface area contributed by atoms with Crippen LogP contribution < -0.4 is 0 Å². The van der Waals surface area contributed by atoms with E-state index in [1.165, 1.54) is 29.4 Å². The smallest absolute Gasteiger partial charge is 0.379 e. The molecule has 5 rings (SSSR count). The summed E-state index contributed by atoms with van der Waals surface area (Å²) >= 11 is 0. The van der Waals surface area contributed by atoms with E-state index in [4.69, 9.17) is 9.72 Å². The standard InChI is InChI=1S/C29H32F3N5O2/c1-18-14-21(16-33-28(18)22-4-6-23(7-5-22)36-10-12-39-13-11-36)15-26(38)24-17-34-37(20(24)3)27-9-8-25(19(2)35-27)29(30,31)32/h4,8-9,14,16-17,23H,5-7,10-13,15H2,1-3H3. The molecule has 1 aliphatic carbocycles. The lowest BCUT2D eigenvalue weighted by Gasteiger charge is -2.36. The Morgan fingerprint density at radius 1 is 1.13 bits per heavy atom. The van der Waals surface area contributed by atoms with Crippen LogP contribution >= 0.6 is 0 Å². The van der Waals surface area contributed by atoms with E-state index in [0.717, 1.165) is 68.5 Å². The maximum atomic E-state index is 13.1. The van der Waals surface area contributed by atoms with Crippen LogP contribution in [0.4, 0.5) is 13.2 Å². The summed E-state index contributed by atoms with van der Waals surface area (Å²) in [4.78, 5) is 24.5. The zero-order valence-electron chi connectivity index (χ0n) is 22.4. The molecule has 7 nitrogen and oxygen atoms in total. The Morgan fingerprint density at radius 3 is 2.54 bits per heavy atom. The number of ketones is 1. The largest absolute Gasteiger partial charge is 0.418 e. The first-order chi connectivity index (χ1) is 18.6. The Balaban J connectivity index is 1.27. The van der Waals surface area contributed by atoms with Gasteiger partial charge in [-0.25, -0.2) is 9.67 Å². The summed E-state index contributed by atoms with van der Waals surface area (Å²) in [5.41, 5.74) is 4.07. The lowest BCUT2D eigenvalue weighted by atomic mass is 9.90. The summed E-state index contributed by atoms with van der Waals surface area (Å²) in [6.07, 6.45) is 4.27. The first kappa shape index (κ1) is 27.2. The number of carbonyl (C=O) groups excluding carboxylic acids is 1. The lowest BCUT2D eigenvalue weighted by molar-refractivity contribution is -0.138. The summed E-state index contributed by atoms with van der Waals surface area (Å²) in [5, 5.41) is 4.23. The van der Waals surface area contributed by atoms with E-state index in [0.29, 0.717) is 17.3 Å². The molecule has 0 aromatic carbocycles. The number of hydrogen-bond donors (Lipinski definition) is 0. The quantitative estimate of drug-likeness (QED) is 0.396. The fourth-order valence-electron chi connectivity index (χ4n) is 5.54. The first-order valence-corrected chi connectivity index (χ1v) is 13.2. The second-order valence-electron chi connectivity index (χ2n) is 10.3. The molecule has 1 fully saturated rings. The fraction of sp³-hybridized carbons (Fsp3) is 0.448. The van der Waals surface area contributed by atoms with Crippen molar-refractivity contribution in [3.63, 3.8) is 0 Å². The Kier molecular flexibility index (Phi) is 7.68. The highest BCUT2D eigenvalue weighted by Gasteiger charge is 2.33. The van der Waals surface area contributed by atoms with Crippen LogP contribution in [0.5, 0.6) is 0 Å². The highest BCUT2D eigenvalue weighted by molar-refractivity contribution is 5.98. The van der Waals surface area contributed by atoms with Gasteiger partial charge >= 0.3 is 6.18 Å². The normalized spacial score (nSPS) is 18.7. The van der Waals surface area contributed by atoms with Crippen LogP contribution in [0.15, 0.2) is 36.7 Å². The van der Waals surface area contributed by atoms with Crippen molar-refractivity contribution < 1.29 is 22.7 Å². The number of aryl methyl sites for hydroxylation is 2. The summed E-state index contributed by atoms with van der Waals surface area (Å²) < 4.78 is 46.2. The number of rotatable bonds is 6. The molecule has 0 saturated carbocycles. The number of aromatic nitrogens is 4. The van der Waals surface area contributed by atoms with Crippen LogP contribution in [0.2, 0.25) is 0 Å². The monoisotopic (exact) mass is 539 g/mol. The van der Waals surface area contributed by atoms with Crippen LogP contribution in [0, 0.1) is 20.8 Å². The Hall–Kier alpha value is -3.37. The van der Waals surface area contributed by atoms with E-state index >= 15 is 0 Å². The predicted molar refractivity (Wildman–Crippen MR) is 141 cm³/mol. The number of allylic oxidation sites excluding steroid dienone is 1. The molecule has 3 aromatic rings. The number of alkyl halides is 3. The van der Waals surface area contributed by atoms with Crippen molar-refractivity contribution in [3.8, 4) is 5.82 Å². The van der Waals surface area contributed by atoms with Gasteiger partial charge in [0.05, 0.1) is 47.6 Å². The number of nitrogens with zero attached hydrogens (tertiary/aromatic N) is 5. The molecule has 39 heavy (non-hydrogen) atoms. The molecular formula is C29H32F3N5O2. The van der Waals surface area contributed by atoms with Crippen LogP contribution in [0.3, 0.4) is 0 Å². The van der Waals surface area contributed by atoms with Gasteiger partial charge < -0.3 is 4.74 Å². The number of carbonyl (C=O) groups is 1. The molecule has 4 heterocycles. The van der Waals surface area contributed by atoms with Crippen molar-refractivity contribution in [2.45, 2.75) is 58.7 Å². The number of hydrogen-bond acceptors (Lipinski definition) is 6. The van der Waals surface area contributed by atoms with E-state index in [1.54, 1.807) is 13.1 Å². The van der Waals surface area contributed by atoms with Gasteiger partial charge in [0.1, 0.15) is 0 Å². The van der Waals surface area contributed by atoms with Gasteiger partial charge in [0, 0.05) is 31.7 Å². The van der Waals surface area contributed by atoms with Gasteiger partial charge in [-0.05, 0) is 68.9 Å². The Bertz CT molecular complexity index is 1410. The van der Waals surface area contributed by atoms with Gasteiger partial charge in [-0.2, -0.15) is 18.3 Å². The third kappa shape index (κ3) is 5.81. The third-order valence-electron chi connectivity index (χ3n) is 7.65. The van der Waals surface area contributed by atoms with Gasteiger partial charge in [-0.1, -0.05) is 12.1 Å². The van der Waals surface area contributed by atoms with Gasteiger partial charge in [0.2, 0.25) is 0 Å². The Labute approximate surface area is 225 Å². The average molecular weight is 540 g/mol. The number of halogens is 3. The van der Waals surface area contributed by atoms with Crippen molar-refractivity contribution in [3.05, 3.63) is 76.0 Å². The highest BCUT2D eigenvalue weighted by atomic mass is 19.4. The molecule has 2 aliphatic rings. The second kappa shape index (κ2) is 11.0. The molecule has 0 radical (unpaired) electrons. The number of pyridine rings is 2. The summed E-state index contributed by atoms with van der Waals surface area (Å²) in [7, 11) is 0. The lowest BCUT2D eigenvalue weighted by Crippen LogP contribution is -2.43. The van der Waals surface area contributed by atoms with Crippen LogP contribution in [-0.2, 0) is 17.3 Å². The number of ether oxygens (including phenoxy) is 1. The van der Waals surface area contributed by atoms with Gasteiger partial charge in [-0.15, -0.1) is 0 Å². The maximum absolute atomic E-state index is 13.1. The predicted octanol–water partition coefficient (Wildman–Crippen LogP) is 5.30. The molecule has 1 aliphatic heterocycles. The van der Waals surface area contributed by atoms with E-state index in [-0.39, 0.29) is 23.7 Å². The second-order valence-corrected chi connectivity index (χ2v) is 10.3. The van der Waals surface area contributed by atoms with E-state index in [1.807, 2.05) is 13.0 Å². The molecule has 0 N–H and O–H groups in total. The SMILES string of the molecule is Cc1cc(CC(=O)c2cnn(-c3ccc(C(F)(F)F)c(C)n3)c2C)cnc1C1=CCC(N2CCOCC2)CC1. The molecule has 1 unspecified atom stereocenters. The van der Waals surface area contributed by atoms with E-state index < -0.39 is 11.7 Å². The van der Waals surface area contributed by atoms with Crippen LogP contribution in [0.1, 0.15) is 63.4 Å². The molecule has 206 valence electrons. The van der Waals surface area contributed by atoms with Crippen LogP contribution in [-0.4, -0.2) is 62.8 Å². The van der Waals surface area contributed by atoms with Crippen molar-refractivity contribution in [2.24, 2.45) is 0 Å². The third-order valence-corrected chi connectivity index (χ3v) is 7.65. The minimum Gasteiger partial charge on any atom is -0.379 e. The summed E-state index contributed by atoms with van der Waals surface area (Å²) in [6, 6.07) is 4.82. The van der Waals surface area contributed by atoms with E-state index in [9.17, 15) is 18.0 Å². The van der Waals surface area contributed by atoms with Gasteiger partial charge in [0.15, 0.2) is 11.6 Å². The number of morpholine rings is 1. The van der Waals surface area contributed by atoms with Gasteiger partial charge in [-0.3, -0.25) is 14.7 Å². The van der Waals surface area contributed by atoms with Crippen LogP contribution in [0.25, 0.3) is 11.4 Å². The minimum absolute atomic E-state index is 0.137. The van der Waals surface area contributed by atoms with Gasteiger partial charge in [0.25, 0.3) is 0 Å². The topological polar surface area (TPSA) is 73.1 Å². The molecule has 0 amide bonds. The fourth-order valence-corrected chi connectivity index (χ4v) is 5.54. The minimum atomic E-state index is -4.48. The van der Waals surface area contributed by atoms with Crippen molar-refractivity contribution >= 4 is 11.4 Å². The molecule has 3 aromatic heterocycles. The molecule has 10 heteroatoms. The maximum Gasteiger partial charge on any atom is 0.418 e. The molecule has 1 atom stereocenters. The molecule has 0 spiro atoms. The summed E-state index contributed by atoms with van der Waals surface area (Å²) in [6.45, 7) is 8.63. The van der Waals surface area contributed by atoms with Crippen molar-refractivity contribution in [1.29, 1.82) is 0 Å². The molecule has 1 saturated heterocycles. The zero-order valence-corrected chi connectivity index (χ0v) is 22.4. The zero-order chi connectivity index (χ0) is 27.7.